The Morgan fingerprint density at radius 2 is 2.00 bits per heavy atom. The van der Waals surface area contributed by atoms with Crippen LogP contribution in [0.1, 0.15) is 12.5 Å². The lowest BCUT2D eigenvalue weighted by atomic mass is 10.2. The maximum atomic E-state index is 13.2. The second-order valence-corrected chi connectivity index (χ2v) is 5.61. The standard InChI is InChI=1S/C18H20ClFN2O2/c1-2-22(13-14-4-3-5-16(20)12-14)18(23)21-10-11-24-17-8-6-15(19)7-9-17/h3-9,12H,2,10-11,13H2,1H3,(H,21,23). The average Bonchev–Trinajstić information content (AvgIpc) is 2.58. The van der Waals surface area contributed by atoms with E-state index in [0.29, 0.717) is 37.0 Å². The average molecular weight is 351 g/mol. The molecule has 0 spiro atoms. The number of nitrogens with one attached hydrogen (secondary N) is 1. The Labute approximate surface area is 146 Å². The van der Waals surface area contributed by atoms with Crippen molar-refractivity contribution < 1.29 is 13.9 Å². The Kier molecular flexibility index (Phi) is 6.88. The summed E-state index contributed by atoms with van der Waals surface area (Å²) in [6, 6.07) is 13.1. The first-order valence-electron chi connectivity index (χ1n) is 7.74. The number of urea groups is 1. The third kappa shape index (κ3) is 5.74. The topological polar surface area (TPSA) is 41.6 Å². The zero-order chi connectivity index (χ0) is 17.4. The normalized spacial score (nSPS) is 10.3. The van der Waals surface area contributed by atoms with Gasteiger partial charge in [-0.05, 0) is 48.9 Å². The third-order valence-electron chi connectivity index (χ3n) is 3.39. The lowest BCUT2D eigenvalue weighted by molar-refractivity contribution is 0.195. The Bertz CT molecular complexity index is 664. The van der Waals surface area contributed by atoms with E-state index in [1.54, 1.807) is 41.3 Å². The molecule has 6 heteroatoms. The largest absolute Gasteiger partial charge is 0.492 e. The Morgan fingerprint density at radius 1 is 1.25 bits per heavy atom. The molecule has 0 saturated carbocycles. The van der Waals surface area contributed by atoms with Gasteiger partial charge in [0.15, 0.2) is 0 Å². The molecule has 1 N–H and O–H groups in total. The van der Waals surface area contributed by atoms with Crippen LogP contribution in [0, 0.1) is 5.82 Å². The molecule has 0 bridgehead atoms. The lowest BCUT2D eigenvalue weighted by Gasteiger charge is -2.21. The van der Waals surface area contributed by atoms with E-state index in [1.807, 2.05) is 6.92 Å². The molecule has 0 atom stereocenters. The fourth-order valence-electron chi connectivity index (χ4n) is 2.15. The first-order valence-corrected chi connectivity index (χ1v) is 8.12. The predicted molar refractivity (Wildman–Crippen MR) is 92.8 cm³/mol. The minimum absolute atomic E-state index is 0.207. The van der Waals surface area contributed by atoms with Crippen LogP contribution in [0.15, 0.2) is 48.5 Å². The number of carbonyl (C=O) groups excluding carboxylic acids is 1. The van der Waals surface area contributed by atoms with E-state index in [9.17, 15) is 9.18 Å². The van der Waals surface area contributed by atoms with Gasteiger partial charge < -0.3 is 15.0 Å². The summed E-state index contributed by atoms with van der Waals surface area (Å²) in [5.41, 5.74) is 0.754. The van der Waals surface area contributed by atoms with E-state index in [-0.39, 0.29) is 11.8 Å². The van der Waals surface area contributed by atoms with Crippen molar-refractivity contribution in [1.29, 1.82) is 0 Å². The fourth-order valence-corrected chi connectivity index (χ4v) is 2.28. The molecule has 0 heterocycles. The molecule has 24 heavy (non-hydrogen) atoms. The SMILES string of the molecule is CCN(Cc1cccc(F)c1)C(=O)NCCOc1ccc(Cl)cc1. The molecule has 0 saturated heterocycles. The molecule has 0 aliphatic carbocycles. The molecule has 2 rings (SSSR count). The smallest absolute Gasteiger partial charge is 0.317 e. The number of ether oxygens (including phenoxy) is 1. The van der Waals surface area contributed by atoms with Gasteiger partial charge in [0.05, 0.1) is 6.54 Å². The Morgan fingerprint density at radius 3 is 2.67 bits per heavy atom. The number of benzene rings is 2. The molecule has 0 aromatic heterocycles. The van der Waals surface area contributed by atoms with E-state index < -0.39 is 0 Å². The fraction of sp³-hybridized carbons (Fsp3) is 0.278. The van der Waals surface area contributed by atoms with Gasteiger partial charge in [-0.2, -0.15) is 0 Å². The van der Waals surface area contributed by atoms with Gasteiger partial charge in [0, 0.05) is 18.1 Å². The zero-order valence-electron chi connectivity index (χ0n) is 13.5. The highest BCUT2D eigenvalue weighted by atomic mass is 35.5. The van der Waals surface area contributed by atoms with Crippen LogP contribution in [0.3, 0.4) is 0 Å². The van der Waals surface area contributed by atoms with Crippen molar-refractivity contribution in [3.8, 4) is 5.75 Å². The summed E-state index contributed by atoms with van der Waals surface area (Å²) in [6.07, 6.45) is 0. The number of halogens is 2. The number of amides is 2. The molecule has 0 fully saturated rings. The highest BCUT2D eigenvalue weighted by Crippen LogP contribution is 2.15. The summed E-state index contributed by atoms with van der Waals surface area (Å²) in [7, 11) is 0. The summed E-state index contributed by atoms with van der Waals surface area (Å²) in [5.74, 6) is 0.390. The number of hydrogen-bond acceptors (Lipinski definition) is 2. The van der Waals surface area contributed by atoms with E-state index in [0.717, 1.165) is 5.56 Å². The van der Waals surface area contributed by atoms with Crippen LogP contribution in [0.25, 0.3) is 0 Å². The van der Waals surface area contributed by atoms with Crippen molar-refractivity contribution in [2.45, 2.75) is 13.5 Å². The van der Waals surface area contributed by atoms with E-state index in [2.05, 4.69) is 5.32 Å². The summed E-state index contributed by atoms with van der Waals surface area (Å²) >= 11 is 5.80. The maximum absolute atomic E-state index is 13.2. The van der Waals surface area contributed by atoms with Gasteiger partial charge in [0.25, 0.3) is 0 Å². The van der Waals surface area contributed by atoms with Crippen LogP contribution in [0.2, 0.25) is 5.02 Å². The second kappa shape index (κ2) is 9.13. The number of hydrogen-bond donors (Lipinski definition) is 1. The van der Waals surface area contributed by atoms with Gasteiger partial charge in [-0.15, -0.1) is 0 Å². The molecular formula is C18H20ClFN2O2. The van der Waals surface area contributed by atoms with Crippen molar-refractivity contribution in [3.63, 3.8) is 0 Å². The monoisotopic (exact) mass is 350 g/mol. The number of rotatable bonds is 7. The second-order valence-electron chi connectivity index (χ2n) is 5.18. The van der Waals surface area contributed by atoms with Crippen molar-refractivity contribution >= 4 is 17.6 Å². The Balaban J connectivity index is 1.76. The van der Waals surface area contributed by atoms with Crippen LogP contribution in [-0.2, 0) is 6.54 Å². The van der Waals surface area contributed by atoms with E-state index >= 15 is 0 Å². The number of carbonyl (C=O) groups is 1. The van der Waals surface area contributed by atoms with Gasteiger partial charge in [0.1, 0.15) is 18.2 Å². The van der Waals surface area contributed by atoms with Gasteiger partial charge in [-0.3, -0.25) is 0 Å². The van der Waals surface area contributed by atoms with Crippen LogP contribution in [0.5, 0.6) is 5.75 Å². The van der Waals surface area contributed by atoms with Crippen molar-refractivity contribution in [3.05, 3.63) is 64.9 Å². The minimum Gasteiger partial charge on any atom is -0.492 e. The highest BCUT2D eigenvalue weighted by molar-refractivity contribution is 6.30. The van der Waals surface area contributed by atoms with Gasteiger partial charge >= 0.3 is 6.03 Å². The van der Waals surface area contributed by atoms with E-state index in [4.69, 9.17) is 16.3 Å². The summed E-state index contributed by atoms with van der Waals surface area (Å²) in [5, 5.41) is 3.44. The first-order chi connectivity index (χ1) is 11.6. The minimum atomic E-state index is -0.305. The summed E-state index contributed by atoms with van der Waals surface area (Å²) in [6.45, 7) is 3.49. The molecule has 4 nitrogen and oxygen atoms in total. The van der Waals surface area contributed by atoms with Crippen molar-refractivity contribution in [2.75, 3.05) is 19.7 Å². The van der Waals surface area contributed by atoms with Crippen LogP contribution in [-0.4, -0.2) is 30.6 Å². The summed E-state index contributed by atoms with van der Waals surface area (Å²) < 4.78 is 18.7. The first kappa shape index (κ1) is 18.1. The zero-order valence-corrected chi connectivity index (χ0v) is 14.2. The molecule has 0 unspecified atom stereocenters. The van der Waals surface area contributed by atoms with Crippen molar-refractivity contribution in [2.24, 2.45) is 0 Å². The van der Waals surface area contributed by atoms with Crippen molar-refractivity contribution in [1.82, 2.24) is 10.2 Å². The van der Waals surface area contributed by atoms with Crippen LogP contribution < -0.4 is 10.1 Å². The number of nitrogens with zero attached hydrogens (tertiary/aromatic N) is 1. The van der Waals surface area contributed by atoms with Gasteiger partial charge in [-0.1, -0.05) is 23.7 Å². The van der Waals surface area contributed by atoms with E-state index in [1.165, 1.54) is 12.1 Å². The third-order valence-corrected chi connectivity index (χ3v) is 3.64. The van der Waals surface area contributed by atoms with Gasteiger partial charge in [0.2, 0.25) is 0 Å². The lowest BCUT2D eigenvalue weighted by Crippen LogP contribution is -2.41. The highest BCUT2D eigenvalue weighted by Gasteiger charge is 2.11. The molecule has 128 valence electrons. The molecular weight excluding hydrogens is 331 g/mol. The molecule has 2 amide bonds. The quantitative estimate of drug-likeness (QED) is 0.764. The van der Waals surface area contributed by atoms with Crippen LogP contribution in [0.4, 0.5) is 9.18 Å². The molecule has 0 aliphatic heterocycles. The van der Waals surface area contributed by atoms with Crippen LogP contribution >= 0.6 is 11.6 Å². The molecule has 2 aromatic carbocycles. The molecule has 0 radical (unpaired) electrons. The summed E-state index contributed by atoms with van der Waals surface area (Å²) in [4.78, 5) is 13.8. The maximum Gasteiger partial charge on any atom is 0.317 e. The Hall–Kier alpha value is -2.27. The predicted octanol–water partition coefficient (Wildman–Crippen LogP) is 4.09. The molecule has 2 aromatic rings. The molecule has 0 aliphatic rings. The van der Waals surface area contributed by atoms with Gasteiger partial charge in [-0.25, -0.2) is 9.18 Å².